The van der Waals surface area contributed by atoms with Crippen molar-refractivity contribution in [3.05, 3.63) is 12.3 Å². The van der Waals surface area contributed by atoms with Gasteiger partial charge in [-0.25, -0.2) is 4.98 Å². The summed E-state index contributed by atoms with van der Waals surface area (Å²) in [6.45, 7) is 7.49. The van der Waals surface area contributed by atoms with Crippen LogP contribution in [0.3, 0.4) is 0 Å². The molecule has 17 heavy (non-hydrogen) atoms. The molecular formula is C13H22N4. The lowest BCUT2D eigenvalue weighted by Gasteiger charge is -2.21. The Morgan fingerprint density at radius 3 is 3.12 bits per heavy atom. The van der Waals surface area contributed by atoms with Crippen LogP contribution in [0.2, 0.25) is 0 Å². The van der Waals surface area contributed by atoms with E-state index in [0.717, 1.165) is 37.3 Å². The lowest BCUT2D eigenvalue weighted by atomic mass is 10.0. The molecule has 1 aromatic heterocycles. The van der Waals surface area contributed by atoms with E-state index in [1.165, 1.54) is 19.3 Å². The highest BCUT2D eigenvalue weighted by atomic mass is 15.2. The molecule has 1 unspecified atom stereocenters. The number of nitrogens with zero attached hydrogens (tertiary/aromatic N) is 3. The second kappa shape index (κ2) is 5.84. The van der Waals surface area contributed by atoms with E-state index in [-0.39, 0.29) is 0 Å². The predicted octanol–water partition coefficient (Wildman–Crippen LogP) is 2.53. The summed E-state index contributed by atoms with van der Waals surface area (Å²) >= 11 is 0. The van der Waals surface area contributed by atoms with Gasteiger partial charge in [-0.05, 0) is 38.2 Å². The van der Waals surface area contributed by atoms with Crippen molar-refractivity contribution in [3.63, 3.8) is 0 Å². The van der Waals surface area contributed by atoms with Gasteiger partial charge in [-0.2, -0.15) is 4.98 Å². The molecule has 1 saturated heterocycles. The van der Waals surface area contributed by atoms with Crippen LogP contribution in [0.15, 0.2) is 12.3 Å². The van der Waals surface area contributed by atoms with Gasteiger partial charge in [0.1, 0.15) is 5.82 Å². The van der Waals surface area contributed by atoms with Crippen LogP contribution in [0.5, 0.6) is 0 Å². The van der Waals surface area contributed by atoms with Crippen LogP contribution in [0.25, 0.3) is 0 Å². The molecule has 2 heterocycles. The molecule has 94 valence electrons. The van der Waals surface area contributed by atoms with Crippen LogP contribution in [-0.4, -0.2) is 29.6 Å². The third-order valence-electron chi connectivity index (χ3n) is 3.32. The number of hydrogen-bond acceptors (Lipinski definition) is 4. The maximum atomic E-state index is 4.56. The van der Waals surface area contributed by atoms with Crippen molar-refractivity contribution < 1.29 is 0 Å². The highest BCUT2D eigenvalue weighted by Gasteiger charge is 2.15. The van der Waals surface area contributed by atoms with E-state index in [4.69, 9.17) is 0 Å². The molecule has 0 bridgehead atoms. The number of nitrogens with one attached hydrogen (secondary N) is 1. The van der Waals surface area contributed by atoms with E-state index >= 15 is 0 Å². The Kier molecular flexibility index (Phi) is 4.18. The van der Waals surface area contributed by atoms with Crippen molar-refractivity contribution in [2.75, 3.05) is 29.9 Å². The van der Waals surface area contributed by atoms with Gasteiger partial charge in [0.2, 0.25) is 5.95 Å². The van der Waals surface area contributed by atoms with Gasteiger partial charge >= 0.3 is 0 Å². The van der Waals surface area contributed by atoms with Gasteiger partial charge in [-0.3, -0.25) is 0 Å². The third kappa shape index (κ3) is 3.32. The molecule has 0 aromatic carbocycles. The summed E-state index contributed by atoms with van der Waals surface area (Å²) in [6.07, 6.45) is 5.71. The Morgan fingerprint density at radius 1 is 1.41 bits per heavy atom. The first-order valence-corrected chi connectivity index (χ1v) is 6.61. The molecule has 1 aliphatic rings. The number of aromatic nitrogens is 2. The van der Waals surface area contributed by atoms with Crippen molar-refractivity contribution in [1.29, 1.82) is 0 Å². The number of hydrogen-bond donors (Lipinski definition) is 1. The molecular weight excluding hydrogens is 212 g/mol. The van der Waals surface area contributed by atoms with Gasteiger partial charge in [0.05, 0.1) is 0 Å². The SMILES string of the molecule is CCNc1nccc(N2CCCC(C)CC2)n1. The first-order chi connectivity index (χ1) is 8.29. The smallest absolute Gasteiger partial charge is 0.224 e. The highest BCUT2D eigenvalue weighted by Crippen LogP contribution is 2.21. The fraction of sp³-hybridized carbons (Fsp3) is 0.692. The largest absolute Gasteiger partial charge is 0.356 e. The van der Waals surface area contributed by atoms with Crippen LogP contribution in [0, 0.1) is 5.92 Å². The lowest BCUT2D eigenvalue weighted by molar-refractivity contribution is 0.521. The van der Waals surface area contributed by atoms with Crippen molar-refractivity contribution in [1.82, 2.24) is 9.97 Å². The molecule has 1 N–H and O–H groups in total. The van der Waals surface area contributed by atoms with Gasteiger partial charge in [0, 0.05) is 25.8 Å². The summed E-state index contributed by atoms with van der Waals surface area (Å²) < 4.78 is 0. The van der Waals surface area contributed by atoms with Crippen LogP contribution >= 0.6 is 0 Å². The minimum absolute atomic E-state index is 0.738. The van der Waals surface area contributed by atoms with Crippen molar-refractivity contribution in [3.8, 4) is 0 Å². The van der Waals surface area contributed by atoms with Crippen LogP contribution < -0.4 is 10.2 Å². The standard InChI is InChI=1S/C13H22N4/c1-3-14-13-15-8-6-12(16-13)17-9-4-5-11(2)7-10-17/h6,8,11H,3-5,7,9-10H2,1-2H3,(H,14,15,16). The van der Waals surface area contributed by atoms with Crippen LogP contribution in [0.1, 0.15) is 33.1 Å². The predicted molar refractivity (Wildman–Crippen MR) is 71.4 cm³/mol. The van der Waals surface area contributed by atoms with Crippen LogP contribution in [-0.2, 0) is 0 Å². The second-order valence-electron chi connectivity index (χ2n) is 4.79. The number of anilines is 2. The molecule has 0 amide bonds. The second-order valence-corrected chi connectivity index (χ2v) is 4.79. The van der Waals surface area contributed by atoms with Gasteiger partial charge in [0.15, 0.2) is 0 Å². The Bertz CT molecular complexity index is 353. The van der Waals surface area contributed by atoms with Gasteiger partial charge in [-0.1, -0.05) is 6.92 Å². The molecule has 1 atom stereocenters. The quantitative estimate of drug-likeness (QED) is 0.872. The van der Waals surface area contributed by atoms with Crippen molar-refractivity contribution in [2.24, 2.45) is 5.92 Å². The Labute approximate surface area is 103 Å². The molecule has 0 spiro atoms. The molecule has 4 heteroatoms. The maximum Gasteiger partial charge on any atom is 0.224 e. The topological polar surface area (TPSA) is 41.1 Å². The zero-order valence-corrected chi connectivity index (χ0v) is 10.8. The zero-order chi connectivity index (χ0) is 12.1. The maximum absolute atomic E-state index is 4.56. The average molecular weight is 234 g/mol. The van der Waals surface area contributed by atoms with E-state index in [1.54, 1.807) is 0 Å². The number of rotatable bonds is 3. The fourth-order valence-corrected chi connectivity index (χ4v) is 2.26. The molecule has 1 aromatic rings. The summed E-state index contributed by atoms with van der Waals surface area (Å²) in [6, 6.07) is 2.01. The molecule has 0 radical (unpaired) electrons. The summed E-state index contributed by atoms with van der Waals surface area (Å²) in [5, 5.41) is 3.16. The molecule has 4 nitrogen and oxygen atoms in total. The normalized spacial score (nSPS) is 21.1. The third-order valence-corrected chi connectivity index (χ3v) is 3.32. The fourth-order valence-electron chi connectivity index (χ4n) is 2.26. The van der Waals surface area contributed by atoms with E-state index in [1.807, 2.05) is 12.3 Å². The average Bonchev–Trinajstić information content (AvgIpc) is 2.55. The molecule has 1 aliphatic heterocycles. The summed E-state index contributed by atoms with van der Waals surface area (Å²) in [7, 11) is 0. The first-order valence-electron chi connectivity index (χ1n) is 6.61. The minimum atomic E-state index is 0.738. The van der Waals surface area contributed by atoms with Gasteiger partial charge in [-0.15, -0.1) is 0 Å². The Morgan fingerprint density at radius 2 is 2.29 bits per heavy atom. The molecule has 1 fully saturated rings. The van der Waals surface area contributed by atoms with E-state index in [9.17, 15) is 0 Å². The van der Waals surface area contributed by atoms with E-state index in [0.29, 0.717) is 0 Å². The highest BCUT2D eigenvalue weighted by molar-refractivity contribution is 5.42. The van der Waals surface area contributed by atoms with Gasteiger partial charge in [0.25, 0.3) is 0 Å². The zero-order valence-electron chi connectivity index (χ0n) is 10.8. The Hall–Kier alpha value is -1.32. The van der Waals surface area contributed by atoms with E-state index < -0.39 is 0 Å². The monoisotopic (exact) mass is 234 g/mol. The lowest BCUT2D eigenvalue weighted by Crippen LogP contribution is -2.25. The Balaban J connectivity index is 2.07. The molecule has 0 saturated carbocycles. The van der Waals surface area contributed by atoms with Crippen LogP contribution in [0.4, 0.5) is 11.8 Å². The van der Waals surface area contributed by atoms with Gasteiger partial charge < -0.3 is 10.2 Å². The van der Waals surface area contributed by atoms with E-state index in [2.05, 4.69) is 34.0 Å². The summed E-state index contributed by atoms with van der Waals surface area (Å²) in [5.74, 6) is 2.64. The molecule has 0 aliphatic carbocycles. The minimum Gasteiger partial charge on any atom is -0.356 e. The van der Waals surface area contributed by atoms with Crippen molar-refractivity contribution in [2.45, 2.75) is 33.1 Å². The van der Waals surface area contributed by atoms with Crippen molar-refractivity contribution >= 4 is 11.8 Å². The summed E-state index contributed by atoms with van der Waals surface area (Å²) in [4.78, 5) is 11.2. The summed E-state index contributed by atoms with van der Waals surface area (Å²) in [5.41, 5.74) is 0. The first kappa shape index (κ1) is 12.1. The molecule has 2 rings (SSSR count).